The number of carboxylic acid groups (broad SMARTS) is 1. The Balaban J connectivity index is 1.58. The number of anilines is 1. The maximum absolute atomic E-state index is 13.8. The highest BCUT2D eigenvalue weighted by molar-refractivity contribution is 9.09. The monoisotopic (exact) mass is 507 g/mol. The minimum atomic E-state index is -1.22. The highest BCUT2D eigenvalue weighted by Crippen LogP contribution is 2.66. The van der Waals surface area contributed by atoms with Crippen LogP contribution in [-0.4, -0.2) is 22.9 Å². The van der Waals surface area contributed by atoms with Gasteiger partial charge in [-0.25, -0.2) is 9.69 Å². The quantitative estimate of drug-likeness (QED) is 0.393. The van der Waals surface area contributed by atoms with Gasteiger partial charge in [-0.3, -0.25) is 9.59 Å². The van der Waals surface area contributed by atoms with Crippen molar-refractivity contribution in [3.05, 3.63) is 99.6 Å². The zero-order chi connectivity index (χ0) is 22.4. The minimum absolute atomic E-state index is 0.0506. The number of halogens is 2. The van der Waals surface area contributed by atoms with Crippen LogP contribution in [-0.2, 0) is 13.9 Å². The highest BCUT2D eigenvalue weighted by Gasteiger charge is 2.67. The summed E-state index contributed by atoms with van der Waals surface area (Å²) in [5.74, 6) is -3.37. The molecule has 3 aliphatic carbocycles. The number of amides is 2. The summed E-state index contributed by atoms with van der Waals surface area (Å²) in [6.45, 7) is 0. The number of carboxylic acids is 1. The molecule has 2 atom stereocenters. The molecular formula is C25H15BrClNO4. The van der Waals surface area contributed by atoms with E-state index in [-0.39, 0.29) is 34.0 Å². The zero-order valence-corrected chi connectivity index (χ0v) is 18.8. The number of nitrogens with zero attached hydrogens (tertiary/aromatic N) is 1. The van der Waals surface area contributed by atoms with E-state index < -0.39 is 22.1 Å². The summed E-state index contributed by atoms with van der Waals surface area (Å²) in [5.41, 5.74) is 4.14. The van der Waals surface area contributed by atoms with Crippen LogP contribution >= 0.6 is 27.5 Å². The molecule has 0 unspecified atom stereocenters. The van der Waals surface area contributed by atoms with Crippen LogP contribution in [0.3, 0.4) is 0 Å². The first-order valence-corrected chi connectivity index (χ1v) is 11.3. The summed E-state index contributed by atoms with van der Waals surface area (Å²) >= 11 is 9.96. The van der Waals surface area contributed by atoms with E-state index >= 15 is 0 Å². The van der Waals surface area contributed by atoms with Crippen LogP contribution in [0, 0.1) is 11.8 Å². The van der Waals surface area contributed by atoms with Crippen LogP contribution in [0.15, 0.2) is 66.7 Å². The molecule has 7 heteroatoms. The van der Waals surface area contributed by atoms with Crippen LogP contribution in [0.4, 0.5) is 5.69 Å². The average molecular weight is 509 g/mol. The smallest absolute Gasteiger partial charge is 0.337 e. The van der Waals surface area contributed by atoms with Crippen molar-refractivity contribution < 1.29 is 19.5 Å². The van der Waals surface area contributed by atoms with Gasteiger partial charge in [0.15, 0.2) is 0 Å². The first-order chi connectivity index (χ1) is 15.4. The molecule has 1 fully saturated rings. The van der Waals surface area contributed by atoms with Crippen molar-refractivity contribution >= 4 is 51.0 Å². The van der Waals surface area contributed by atoms with Crippen molar-refractivity contribution in [1.29, 1.82) is 0 Å². The molecule has 1 aliphatic heterocycles. The molecule has 4 aliphatic rings. The molecule has 2 bridgehead atoms. The standard InChI is InChI=1S/C25H15BrClNO4/c26-25-16-7-3-1-5-13(16)19(14-6-2-4-8-17(14)25)20-21(25)23(30)28(22(20)29)12-9-10-18(27)15(11-12)24(31)32/h1-11,19-21H,(H,31,32)/t19?,20-,21-,25?/m0/s1. The number of alkyl halides is 1. The van der Waals surface area contributed by atoms with Gasteiger partial charge in [0.1, 0.15) is 0 Å². The maximum atomic E-state index is 13.8. The van der Waals surface area contributed by atoms with Gasteiger partial charge in [0.2, 0.25) is 11.8 Å². The first-order valence-electron chi connectivity index (χ1n) is 10.1. The largest absolute Gasteiger partial charge is 0.478 e. The van der Waals surface area contributed by atoms with Crippen molar-refractivity contribution in [3.8, 4) is 0 Å². The number of hydrogen-bond donors (Lipinski definition) is 1. The van der Waals surface area contributed by atoms with Gasteiger partial charge in [-0.15, -0.1) is 0 Å². The maximum Gasteiger partial charge on any atom is 0.337 e. The summed E-state index contributed by atoms with van der Waals surface area (Å²) in [6, 6.07) is 20.1. The summed E-state index contributed by atoms with van der Waals surface area (Å²) in [7, 11) is 0. The Morgan fingerprint density at radius 3 is 2.12 bits per heavy atom. The third-order valence-corrected chi connectivity index (χ3v) is 8.63. The van der Waals surface area contributed by atoms with Crippen molar-refractivity contribution in [2.24, 2.45) is 11.8 Å². The van der Waals surface area contributed by atoms with E-state index in [2.05, 4.69) is 15.9 Å². The van der Waals surface area contributed by atoms with Gasteiger partial charge in [0.05, 0.1) is 32.4 Å². The van der Waals surface area contributed by atoms with E-state index in [4.69, 9.17) is 11.6 Å². The fourth-order valence-electron chi connectivity index (χ4n) is 5.75. The summed E-state index contributed by atoms with van der Waals surface area (Å²) in [5, 5.41) is 9.51. The average Bonchev–Trinajstić information content (AvgIpc) is 3.06. The van der Waals surface area contributed by atoms with Crippen LogP contribution in [0.2, 0.25) is 5.02 Å². The molecule has 0 saturated carbocycles. The van der Waals surface area contributed by atoms with Gasteiger partial charge >= 0.3 is 5.97 Å². The third kappa shape index (κ3) is 2.26. The molecule has 3 aromatic rings. The Kier molecular flexibility index (Phi) is 4.02. The highest BCUT2D eigenvalue weighted by atomic mass is 79.9. The summed E-state index contributed by atoms with van der Waals surface area (Å²) < 4.78 is -0.844. The van der Waals surface area contributed by atoms with Gasteiger partial charge in [0.25, 0.3) is 0 Å². The number of carbonyl (C=O) groups excluding carboxylic acids is 2. The Morgan fingerprint density at radius 1 is 0.938 bits per heavy atom. The molecule has 3 aromatic carbocycles. The topological polar surface area (TPSA) is 74.7 Å². The second-order valence-corrected chi connectivity index (χ2v) is 10.0. The molecule has 0 aromatic heterocycles. The minimum Gasteiger partial charge on any atom is -0.478 e. The fraction of sp³-hybridized carbons (Fsp3) is 0.160. The van der Waals surface area contributed by atoms with Crippen LogP contribution in [0.1, 0.15) is 38.5 Å². The van der Waals surface area contributed by atoms with Gasteiger partial charge in [-0.05, 0) is 40.5 Å². The van der Waals surface area contributed by atoms with Gasteiger partial charge in [0, 0.05) is 5.92 Å². The molecule has 1 N–H and O–H groups in total. The zero-order valence-electron chi connectivity index (χ0n) is 16.5. The van der Waals surface area contributed by atoms with Crippen molar-refractivity contribution in [2.75, 3.05) is 4.90 Å². The SMILES string of the molecule is O=C(O)c1cc(N2C(=O)[C@@H]3[C@@H](C2=O)C2c4ccccc4C3(Br)c3ccccc32)ccc1Cl. The Bertz CT molecular complexity index is 1320. The Morgan fingerprint density at radius 2 is 1.53 bits per heavy atom. The van der Waals surface area contributed by atoms with Crippen molar-refractivity contribution in [2.45, 2.75) is 10.2 Å². The predicted octanol–water partition coefficient (Wildman–Crippen LogP) is 4.94. The van der Waals surface area contributed by atoms with Crippen molar-refractivity contribution in [3.63, 3.8) is 0 Å². The molecule has 7 rings (SSSR count). The predicted molar refractivity (Wildman–Crippen MR) is 122 cm³/mol. The van der Waals surface area contributed by atoms with Crippen molar-refractivity contribution in [1.82, 2.24) is 0 Å². The Hall–Kier alpha value is -2.96. The third-order valence-electron chi connectivity index (χ3n) is 6.95. The van der Waals surface area contributed by atoms with Gasteiger partial charge in [-0.2, -0.15) is 0 Å². The van der Waals surface area contributed by atoms with E-state index in [1.165, 1.54) is 18.2 Å². The van der Waals surface area contributed by atoms with E-state index in [9.17, 15) is 19.5 Å². The summed E-state index contributed by atoms with van der Waals surface area (Å²) in [4.78, 5) is 40.3. The molecule has 32 heavy (non-hydrogen) atoms. The van der Waals surface area contributed by atoms with Gasteiger partial charge < -0.3 is 5.11 Å². The summed E-state index contributed by atoms with van der Waals surface area (Å²) in [6.07, 6.45) is 0. The number of imide groups is 1. The number of carbonyl (C=O) groups is 3. The normalized spacial score (nSPS) is 27.2. The number of hydrogen-bond acceptors (Lipinski definition) is 3. The fourth-order valence-corrected chi connectivity index (χ4v) is 7.15. The van der Waals surface area contributed by atoms with Crippen LogP contribution < -0.4 is 4.90 Å². The lowest BCUT2D eigenvalue weighted by Crippen LogP contribution is -2.50. The molecule has 158 valence electrons. The van der Waals surface area contributed by atoms with E-state index in [0.717, 1.165) is 27.2 Å². The number of benzene rings is 3. The van der Waals surface area contributed by atoms with Crippen LogP contribution in [0.5, 0.6) is 0 Å². The molecule has 2 amide bonds. The second kappa shape index (κ2) is 6.53. The Labute approximate surface area is 196 Å². The van der Waals surface area contributed by atoms with E-state index in [1.807, 2.05) is 48.5 Å². The lowest BCUT2D eigenvalue weighted by Gasteiger charge is -2.51. The number of rotatable bonds is 2. The van der Waals surface area contributed by atoms with Crippen LogP contribution in [0.25, 0.3) is 0 Å². The van der Waals surface area contributed by atoms with E-state index in [1.54, 1.807) is 0 Å². The first kappa shape index (κ1) is 19.7. The lowest BCUT2D eigenvalue weighted by atomic mass is 9.55. The number of aromatic carboxylic acids is 1. The lowest BCUT2D eigenvalue weighted by molar-refractivity contribution is -0.122. The molecule has 5 nitrogen and oxygen atoms in total. The second-order valence-electron chi connectivity index (χ2n) is 8.35. The van der Waals surface area contributed by atoms with Gasteiger partial charge in [-0.1, -0.05) is 76.1 Å². The molecule has 0 radical (unpaired) electrons. The molecule has 1 heterocycles. The van der Waals surface area contributed by atoms with E-state index in [0.29, 0.717) is 0 Å². The molecular weight excluding hydrogens is 494 g/mol. The molecule has 1 saturated heterocycles. The molecule has 0 spiro atoms.